The summed E-state index contributed by atoms with van der Waals surface area (Å²) in [5, 5.41) is 14.1. The molecule has 0 saturated carbocycles. The fourth-order valence-electron chi connectivity index (χ4n) is 1.88. The number of hydrogen-bond donors (Lipinski definition) is 1. The maximum absolute atomic E-state index is 11.1. The van der Waals surface area contributed by atoms with Crippen molar-refractivity contribution in [3.63, 3.8) is 0 Å². The average molecular weight is 367 g/mol. The number of anilines is 1. The summed E-state index contributed by atoms with van der Waals surface area (Å²) in [6, 6.07) is 13.3. The van der Waals surface area contributed by atoms with Gasteiger partial charge >= 0.3 is 0 Å². The molecule has 4 nitrogen and oxygen atoms in total. The molecule has 0 aliphatic rings. The molecule has 2 aromatic carbocycles. The molecule has 0 spiro atoms. The SMILES string of the molecule is CCNc1ccc(CSc2ccccc2Br)cc1[N+](=O)[O-]. The lowest BCUT2D eigenvalue weighted by atomic mass is 10.2. The number of hydrogen-bond acceptors (Lipinski definition) is 4. The Bertz CT molecular complexity index is 649. The van der Waals surface area contributed by atoms with E-state index >= 15 is 0 Å². The molecule has 0 atom stereocenters. The van der Waals surface area contributed by atoms with Gasteiger partial charge in [-0.25, -0.2) is 0 Å². The Balaban J connectivity index is 2.16. The first-order valence-electron chi connectivity index (χ1n) is 6.50. The normalized spacial score (nSPS) is 10.4. The number of halogens is 1. The summed E-state index contributed by atoms with van der Waals surface area (Å²) in [5.74, 6) is 0.690. The number of nitro benzene ring substituents is 1. The summed E-state index contributed by atoms with van der Waals surface area (Å²) >= 11 is 5.15. The molecule has 0 aliphatic carbocycles. The second kappa shape index (κ2) is 7.47. The van der Waals surface area contributed by atoms with Crippen LogP contribution in [0, 0.1) is 10.1 Å². The molecule has 2 aromatic rings. The third-order valence-corrected chi connectivity index (χ3v) is 4.96. The minimum atomic E-state index is -0.343. The van der Waals surface area contributed by atoms with Gasteiger partial charge in [0, 0.05) is 27.7 Å². The van der Waals surface area contributed by atoms with Gasteiger partial charge in [0.1, 0.15) is 5.69 Å². The minimum Gasteiger partial charge on any atom is -0.380 e. The van der Waals surface area contributed by atoms with Gasteiger partial charge in [0.25, 0.3) is 5.69 Å². The second-order valence-electron chi connectivity index (χ2n) is 4.36. The van der Waals surface area contributed by atoms with Crippen molar-refractivity contribution in [3.05, 3.63) is 62.6 Å². The quantitative estimate of drug-likeness (QED) is 0.439. The third kappa shape index (κ3) is 4.22. The van der Waals surface area contributed by atoms with E-state index in [9.17, 15) is 10.1 Å². The van der Waals surface area contributed by atoms with E-state index in [1.165, 1.54) is 0 Å². The van der Waals surface area contributed by atoms with Crippen molar-refractivity contribution in [2.24, 2.45) is 0 Å². The highest BCUT2D eigenvalue weighted by Gasteiger charge is 2.14. The summed E-state index contributed by atoms with van der Waals surface area (Å²) in [7, 11) is 0. The first-order valence-corrected chi connectivity index (χ1v) is 8.28. The van der Waals surface area contributed by atoms with E-state index in [-0.39, 0.29) is 10.6 Å². The Hall–Kier alpha value is -1.53. The van der Waals surface area contributed by atoms with Crippen LogP contribution >= 0.6 is 27.7 Å². The Kier molecular flexibility index (Phi) is 5.64. The number of benzene rings is 2. The number of nitro groups is 1. The molecule has 0 bridgehead atoms. The van der Waals surface area contributed by atoms with E-state index in [0.717, 1.165) is 14.9 Å². The fourth-order valence-corrected chi connectivity index (χ4v) is 3.39. The van der Waals surface area contributed by atoms with Crippen LogP contribution in [-0.4, -0.2) is 11.5 Å². The van der Waals surface area contributed by atoms with Crippen molar-refractivity contribution in [3.8, 4) is 0 Å². The lowest BCUT2D eigenvalue weighted by molar-refractivity contribution is -0.384. The molecule has 0 fully saturated rings. The summed E-state index contributed by atoms with van der Waals surface area (Å²) in [6.07, 6.45) is 0. The van der Waals surface area contributed by atoms with Gasteiger partial charge in [-0.05, 0) is 46.6 Å². The smallest absolute Gasteiger partial charge is 0.292 e. The maximum Gasteiger partial charge on any atom is 0.292 e. The molecule has 0 aromatic heterocycles. The van der Waals surface area contributed by atoms with Gasteiger partial charge in [-0.3, -0.25) is 10.1 Å². The molecule has 0 saturated heterocycles. The van der Waals surface area contributed by atoms with Gasteiger partial charge in [-0.1, -0.05) is 18.2 Å². The molecule has 0 unspecified atom stereocenters. The molecule has 1 N–H and O–H groups in total. The summed E-state index contributed by atoms with van der Waals surface area (Å²) in [5.41, 5.74) is 1.63. The number of rotatable bonds is 6. The van der Waals surface area contributed by atoms with Crippen LogP contribution in [0.2, 0.25) is 0 Å². The topological polar surface area (TPSA) is 55.2 Å². The summed E-state index contributed by atoms with van der Waals surface area (Å²) in [4.78, 5) is 11.9. The van der Waals surface area contributed by atoms with Crippen LogP contribution in [0.4, 0.5) is 11.4 Å². The highest BCUT2D eigenvalue weighted by Crippen LogP contribution is 2.32. The Morgan fingerprint density at radius 3 is 2.71 bits per heavy atom. The highest BCUT2D eigenvalue weighted by molar-refractivity contribution is 9.10. The number of nitrogens with zero attached hydrogens (tertiary/aromatic N) is 1. The van der Waals surface area contributed by atoms with Gasteiger partial charge in [-0.2, -0.15) is 0 Å². The standard InChI is InChI=1S/C15H15BrN2O2S/c1-2-17-13-8-7-11(9-14(13)18(19)20)10-21-15-6-4-3-5-12(15)16/h3-9,17H,2,10H2,1H3. The molecule has 0 amide bonds. The predicted molar refractivity (Wildman–Crippen MR) is 91.0 cm³/mol. The van der Waals surface area contributed by atoms with Crippen molar-refractivity contribution >= 4 is 39.1 Å². The van der Waals surface area contributed by atoms with Crippen molar-refractivity contribution in [2.45, 2.75) is 17.6 Å². The van der Waals surface area contributed by atoms with Gasteiger partial charge < -0.3 is 5.32 Å². The molecule has 0 aliphatic heterocycles. The zero-order valence-corrected chi connectivity index (χ0v) is 13.9. The molecule has 6 heteroatoms. The van der Waals surface area contributed by atoms with Crippen molar-refractivity contribution in [2.75, 3.05) is 11.9 Å². The molecule has 2 rings (SSSR count). The number of nitrogens with one attached hydrogen (secondary N) is 1. The Morgan fingerprint density at radius 2 is 2.05 bits per heavy atom. The van der Waals surface area contributed by atoms with Gasteiger partial charge in [0.2, 0.25) is 0 Å². The zero-order chi connectivity index (χ0) is 15.2. The maximum atomic E-state index is 11.1. The van der Waals surface area contributed by atoms with Crippen LogP contribution in [0.25, 0.3) is 0 Å². The summed E-state index contributed by atoms with van der Waals surface area (Å²) in [6.45, 7) is 2.58. The third-order valence-electron chi connectivity index (χ3n) is 2.86. The van der Waals surface area contributed by atoms with E-state index < -0.39 is 0 Å². The van der Waals surface area contributed by atoms with Gasteiger partial charge in [0.05, 0.1) is 4.92 Å². The van der Waals surface area contributed by atoms with Crippen LogP contribution in [0.3, 0.4) is 0 Å². The van der Waals surface area contributed by atoms with E-state index in [4.69, 9.17) is 0 Å². The summed E-state index contributed by atoms with van der Waals surface area (Å²) < 4.78 is 1.04. The Labute approximate surface area is 136 Å². The van der Waals surface area contributed by atoms with Crippen molar-refractivity contribution in [1.29, 1.82) is 0 Å². The zero-order valence-electron chi connectivity index (χ0n) is 11.5. The monoisotopic (exact) mass is 366 g/mol. The molecule has 110 valence electrons. The van der Waals surface area contributed by atoms with E-state index in [1.54, 1.807) is 23.9 Å². The largest absolute Gasteiger partial charge is 0.380 e. The molecule has 0 radical (unpaired) electrons. The van der Waals surface area contributed by atoms with Gasteiger partial charge in [-0.15, -0.1) is 11.8 Å². The molecule has 21 heavy (non-hydrogen) atoms. The van der Waals surface area contributed by atoms with Crippen molar-refractivity contribution < 1.29 is 4.92 Å². The van der Waals surface area contributed by atoms with Crippen LogP contribution in [0.15, 0.2) is 51.8 Å². The highest BCUT2D eigenvalue weighted by atomic mass is 79.9. The molecule has 0 heterocycles. The second-order valence-corrected chi connectivity index (χ2v) is 6.23. The van der Waals surface area contributed by atoms with Crippen LogP contribution in [-0.2, 0) is 5.75 Å². The fraction of sp³-hybridized carbons (Fsp3) is 0.200. The van der Waals surface area contributed by atoms with Crippen molar-refractivity contribution in [1.82, 2.24) is 0 Å². The number of thioether (sulfide) groups is 1. The first-order chi connectivity index (χ1) is 10.1. The molecular formula is C15H15BrN2O2S. The lowest BCUT2D eigenvalue weighted by Crippen LogP contribution is -2.01. The van der Waals surface area contributed by atoms with E-state index in [2.05, 4.69) is 21.2 Å². The van der Waals surface area contributed by atoms with Crippen LogP contribution < -0.4 is 5.32 Å². The predicted octanol–water partition coefficient (Wildman–Crippen LogP) is 5.08. The Morgan fingerprint density at radius 1 is 1.29 bits per heavy atom. The lowest BCUT2D eigenvalue weighted by Gasteiger charge is -2.07. The van der Waals surface area contributed by atoms with Crippen LogP contribution in [0.1, 0.15) is 12.5 Å². The van der Waals surface area contributed by atoms with Crippen LogP contribution in [0.5, 0.6) is 0 Å². The van der Waals surface area contributed by atoms with E-state index in [0.29, 0.717) is 18.0 Å². The van der Waals surface area contributed by atoms with Gasteiger partial charge in [0.15, 0.2) is 0 Å². The first kappa shape index (κ1) is 15.9. The van der Waals surface area contributed by atoms with E-state index in [1.807, 2.05) is 37.3 Å². The minimum absolute atomic E-state index is 0.127. The molecular weight excluding hydrogens is 352 g/mol. The average Bonchev–Trinajstić information content (AvgIpc) is 2.47.